The Labute approximate surface area is 165 Å². The highest BCUT2D eigenvalue weighted by Gasteiger charge is 2.23. The van der Waals surface area contributed by atoms with E-state index in [0.29, 0.717) is 16.2 Å². The number of aromatic nitrogens is 4. The molecule has 2 heterocycles. The molecule has 0 amide bonds. The molecule has 0 unspecified atom stereocenters. The van der Waals surface area contributed by atoms with Gasteiger partial charge in [0.05, 0.1) is 12.4 Å². The Bertz CT molecular complexity index is 1180. The number of hydrogen-bond donors (Lipinski definition) is 1. The zero-order chi connectivity index (χ0) is 19.7. The Hall–Kier alpha value is -3.00. The first-order valence-corrected chi connectivity index (χ1v) is 9.46. The molecule has 0 atom stereocenters. The number of nitrogens with zero attached hydrogens (tertiary/aromatic N) is 5. The molecular weight excluding hydrogens is 380 g/mol. The molecule has 2 aromatic heterocycles. The van der Waals surface area contributed by atoms with Crippen LogP contribution in [0.3, 0.4) is 0 Å². The van der Waals surface area contributed by atoms with Gasteiger partial charge in [-0.05, 0) is 18.9 Å². The normalized spacial score (nSPS) is 14.9. The molecule has 1 aromatic carbocycles. The second-order valence-corrected chi connectivity index (χ2v) is 7.18. The number of fused-ring (bicyclic) bond motifs is 1. The summed E-state index contributed by atoms with van der Waals surface area (Å²) >= 11 is 6.11. The van der Waals surface area contributed by atoms with Crippen molar-refractivity contribution < 1.29 is 0 Å². The van der Waals surface area contributed by atoms with Gasteiger partial charge >= 0.3 is 11.1 Å². The number of halogens is 1. The van der Waals surface area contributed by atoms with Gasteiger partial charge in [0.1, 0.15) is 5.52 Å². The molecule has 0 bridgehead atoms. The maximum Gasteiger partial charge on any atom is 0.318 e. The monoisotopic (exact) mass is 398 g/mol. The number of rotatable bonds is 4. The number of aryl methyl sites for hydroxylation is 1. The SMILES string of the molecule is Cn1c(=O)c(=O)n(C2CCCC2)c2nc(NN=Cc3ccccc3Cl)ncc21. The third-order valence-corrected chi connectivity index (χ3v) is 5.35. The van der Waals surface area contributed by atoms with E-state index in [4.69, 9.17) is 11.6 Å². The van der Waals surface area contributed by atoms with E-state index in [1.807, 2.05) is 18.2 Å². The van der Waals surface area contributed by atoms with E-state index in [9.17, 15) is 9.59 Å². The summed E-state index contributed by atoms with van der Waals surface area (Å²) in [5.41, 5.74) is 3.35. The van der Waals surface area contributed by atoms with Crippen LogP contribution in [0.4, 0.5) is 5.95 Å². The quantitative estimate of drug-likeness (QED) is 0.414. The van der Waals surface area contributed by atoms with Gasteiger partial charge in [-0.2, -0.15) is 10.1 Å². The minimum absolute atomic E-state index is 0.0155. The summed E-state index contributed by atoms with van der Waals surface area (Å²) < 4.78 is 2.81. The third kappa shape index (κ3) is 3.31. The topological polar surface area (TPSA) is 94.2 Å². The van der Waals surface area contributed by atoms with Gasteiger partial charge < -0.3 is 4.57 Å². The second kappa shape index (κ2) is 7.55. The van der Waals surface area contributed by atoms with Crippen LogP contribution in [-0.2, 0) is 7.05 Å². The predicted octanol–water partition coefficient (Wildman–Crippen LogP) is 2.70. The Balaban J connectivity index is 1.74. The summed E-state index contributed by atoms with van der Waals surface area (Å²) in [4.78, 5) is 33.7. The van der Waals surface area contributed by atoms with E-state index in [0.717, 1.165) is 31.2 Å². The highest BCUT2D eigenvalue weighted by atomic mass is 35.5. The van der Waals surface area contributed by atoms with Crippen molar-refractivity contribution in [2.24, 2.45) is 12.1 Å². The molecule has 0 aliphatic heterocycles. The summed E-state index contributed by atoms with van der Waals surface area (Å²) in [6, 6.07) is 7.30. The molecule has 1 N–H and O–H groups in total. The standard InChI is InChI=1S/C19H19ClN6O2/c1-25-15-11-21-19(24-22-10-12-6-2-5-9-14(12)20)23-16(15)26(18(28)17(25)27)13-7-3-4-8-13/h2,5-6,9-11,13H,3-4,7-8H2,1H3,(H,21,23,24). The van der Waals surface area contributed by atoms with Crippen molar-refractivity contribution in [3.63, 3.8) is 0 Å². The molecular formula is C19H19ClN6O2. The van der Waals surface area contributed by atoms with Crippen LogP contribution in [0.5, 0.6) is 0 Å². The van der Waals surface area contributed by atoms with Gasteiger partial charge in [-0.1, -0.05) is 42.6 Å². The van der Waals surface area contributed by atoms with Crippen LogP contribution in [0.25, 0.3) is 11.2 Å². The minimum Gasteiger partial charge on any atom is -0.303 e. The smallest absolute Gasteiger partial charge is 0.303 e. The molecule has 3 aromatic rings. The van der Waals surface area contributed by atoms with Crippen LogP contribution >= 0.6 is 11.6 Å². The number of benzene rings is 1. The van der Waals surface area contributed by atoms with Gasteiger partial charge in [-0.3, -0.25) is 14.2 Å². The molecule has 8 nitrogen and oxygen atoms in total. The molecule has 28 heavy (non-hydrogen) atoms. The second-order valence-electron chi connectivity index (χ2n) is 6.77. The van der Waals surface area contributed by atoms with E-state index in [2.05, 4.69) is 20.5 Å². The number of hydrogen-bond acceptors (Lipinski definition) is 6. The van der Waals surface area contributed by atoms with Crippen LogP contribution in [0.1, 0.15) is 37.3 Å². The minimum atomic E-state index is -0.569. The van der Waals surface area contributed by atoms with Crippen LogP contribution < -0.4 is 16.5 Å². The fraction of sp³-hybridized carbons (Fsp3) is 0.316. The lowest BCUT2D eigenvalue weighted by Crippen LogP contribution is -2.42. The molecule has 4 rings (SSSR count). The van der Waals surface area contributed by atoms with Gasteiger partial charge in [-0.15, -0.1) is 0 Å². The lowest BCUT2D eigenvalue weighted by Gasteiger charge is -2.17. The van der Waals surface area contributed by atoms with Crippen LogP contribution in [0.2, 0.25) is 5.02 Å². The summed E-state index contributed by atoms with van der Waals surface area (Å²) in [6.07, 6.45) is 6.89. The Kier molecular flexibility index (Phi) is 4.95. The van der Waals surface area contributed by atoms with Gasteiger partial charge in [-0.25, -0.2) is 10.4 Å². The van der Waals surface area contributed by atoms with E-state index in [1.54, 1.807) is 19.3 Å². The van der Waals surface area contributed by atoms with Crippen molar-refractivity contribution in [2.75, 3.05) is 5.43 Å². The maximum atomic E-state index is 12.6. The van der Waals surface area contributed by atoms with Crippen molar-refractivity contribution in [1.29, 1.82) is 0 Å². The molecule has 1 fully saturated rings. The lowest BCUT2D eigenvalue weighted by molar-refractivity contribution is 0.507. The van der Waals surface area contributed by atoms with Crippen molar-refractivity contribution in [3.8, 4) is 0 Å². The molecule has 9 heteroatoms. The summed E-state index contributed by atoms with van der Waals surface area (Å²) in [6.45, 7) is 0. The van der Waals surface area contributed by atoms with Crippen molar-refractivity contribution in [1.82, 2.24) is 19.1 Å². The van der Waals surface area contributed by atoms with E-state index in [-0.39, 0.29) is 12.0 Å². The maximum absolute atomic E-state index is 12.6. The highest BCUT2D eigenvalue weighted by molar-refractivity contribution is 6.33. The molecule has 1 aliphatic rings. The van der Waals surface area contributed by atoms with Crippen LogP contribution in [0.15, 0.2) is 45.2 Å². The van der Waals surface area contributed by atoms with Crippen LogP contribution in [0, 0.1) is 0 Å². The lowest BCUT2D eigenvalue weighted by atomic mass is 10.2. The molecule has 0 radical (unpaired) electrons. The largest absolute Gasteiger partial charge is 0.318 e. The first kappa shape index (κ1) is 18.4. The van der Waals surface area contributed by atoms with Crippen molar-refractivity contribution in [2.45, 2.75) is 31.7 Å². The number of hydrazone groups is 1. The molecule has 0 spiro atoms. The van der Waals surface area contributed by atoms with E-state index < -0.39 is 11.1 Å². The summed E-state index contributed by atoms with van der Waals surface area (Å²) in [7, 11) is 1.55. The van der Waals surface area contributed by atoms with E-state index >= 15 is 0 Å². The average molecular weight is 399 g/mol. The first-order chi connectivity index (χ1) is 13.6. The fourth-order valence-corrected chi connectivity index (χ4v) is 3.71. The van der Waals surface area contributed by atoms with Crippen molar-refractivity contribution in [3.05, 3.63) is 61.8 Å². The molecule has 144 valence electrons. The predicted molar refractivity (Wildman–Crippen MR) is 109 cm³/mol. The summed E-state index contributed by atoms with van der Waals surface area (Å²) in [5.74, 6) is 0.237. The average Bonchev–Trinajstić information content (AvgIpc) is 3.22. The molecule has 1 saturated carbocycles. The van der Waals surface area contributed by atoms with Crippen molar-refractivity contribution >= 4 is 34.9 Å². The van der Waals surface area contributed by atoms with Crippen LogP contribution in [-0.4, -0.2) is 25.3 Å². The molecule has 1 aliphatic carbocycles. The zero-order valence-corrected chi connectivity index (χ0v) is 16.1. The third-order valence-electron chi connectivity index (χ3n) is 5.01. The number of anilines is 1. The Morgan fingerprint density at radius 1 is 1.21 bits per heavy atom. The van der Waals surface area contributed by atoms with Gasteiger partial charge in [0.2, 0.25) is 5.95 Å². The zero-order valence-electron chi connectivity index (χ0n) is 15.3. The summed E-state index contributed by atoms with van der Waals surface area (Å²) in [5, 5.41) is 4.71. The Morgan fingerprint density at radius 2 is 1.96 bits per heavy atom. The molecule has 0 saturated heterocycles. The van der Waals surface area contributed by atoms with E-state index in [1.165, 1.54) is 15.3 Å². The fourth-order valence-electron chi connectivity index (χ4n) is 3.53. The first-order valence-electron chi connectivity index (χ1n) is 9.08. The van der Waals surface area contributed by atoms with Gasteiger partial charge in [0, 0.05) is 23.7 Å². The number of nitrogens with one attached hydrogen (secondary N) is 1. The Morgan fingerprint density at radius 3 is 2.71 bits per heavy atom. The van der Waals surface area contributed by atoms with Gasteiger partial charge in [0.15, 0.2) is 5.65 Å². The highest BCUT2D eigenvalue weighted by Crippen LogP contribution is 2.29. The van der Waals surface area contributed by atoms with Gasteiger partial charge in [0.25, 0.3) is 0 Å².